The van der Waals surface area contributed by atoms with Gasteiger partial charge in [0.05, 0.1) is 12.7 Å². The van der Waals surface area contributed by atoms with Gasteiger partial charge in [0.15, 0.2) is 0 Å². The molecular weight excluding hydrogens is 180 g/mol. The quantitative estimate of drug-likeness (QED) is 0.603. The van der Waals surface area contributed by atoms with Gasteiger partial charge in [-0.2, -0.15) is 0 Å². The fourth-order valence-electron chi connectivity index (χ4n) is 1.33. The SMILES string of the molecule is CC#CC(=O)N(C)CC1CNCCO1. The topological polar surface area (TPSA) is 41.6 Å². The summed E-state index contributed by atoms with van der Waals surface area (Å²) in [6.45, 7) is 4.66. The maximum atomic E-state index is 11.3. The van der Waals surface area contributed by atoms with Crippen molar-refractivity contribution in [3.63, 3.8) is 0 Å². The van der Waals surface area contributed by atoms with Crippen LogP contribution in [0.2, 0.25) is 0 Å². The number of nitrogens with zero attached hydrogens (tertiary/aromatic N) is 1. The minimum absolute atomic E-state index is 0.0938. The van der Waals surface area contributed by atoms with E-state index in [2.05, 4.69) is 17.2 Å². The van der Waals surface area contributed by atoms with Crippen molar-refractivity contribution in [2.75, 3.05) is 33.3 Å². The molecule has 0 spiro atoms. The average Bonchev–Trinajstić information content (AvgIpc) is 2.19. The zero-order valence-corrected chi connectivity index (χ0v) is 8.67. The molecular formula is C10H16N2O2. The molecule has 1 rings (SSSR count). The van der Waals surface area contributed by atoms with Crippen LogP contribution in [0, 0.1) is 11.8 Å². The van der Waals surface area contributed by atoms with Gasteiger partial charge in [0.1, 0.15) is 0 Å². The first kappa shape index (κ1) is 11.0. The van der Waals surface area contributed by atoms with Crippen molar-refractivity contribution in [2.24, 2.45) is 0 Å². The standard InChI is InChI=1S/C10H16N2O2/c1-3-4-10(13)12(2)8-9-7-11-5-6-14-9/h9,11H,5-8H2,1-2H3. The average molecular weight is 196 g/mol. The molecule has 1 aliphatic heterocycles. The lowest BCUT2D eigenvalue weighted by atomic mass is 10.3. The second-order valence-electron chi connectivity index (χ2n) is 3.26. The molecule has 0 aromatic rings. The minimum Gasteiger partial charge on any atom is -0.374 e. The van der Waals surface area contributed by atoms with Crippen LogP contribution in [0.3, 0.4) is 0 Å². The van der Waals surface area contributed by atoms with E-state index >= 15 is 0 Å². The number of morpholine rings is 1. The van der Waals surface area contributed by atoms with Crippen molar-refractivity contribution >= 4 is 5.91 Å². The van der Waals surface area contributed by atoms with Crippen molar-refractivity contribution in [3.8, 4) is 11.8 Å². The van der Waals surface area contributed by atoms with E-state index in [1.807, 2.05) is 0 Å². The largest absolute Gasteiger partial charge is 0.374 e. The Kier molecular flexibility index (Phi) is 4.44. The van der Waals surface area contributed by atoms with E-state index in [4.69, 9.17) is 4.74 Å². The number of amides is 1. The number of carbonyl (C=O) groups excluding carboxylic acids is 1. The zero-order chi connectivity index (χ0) is 10.4. The van der Waals surface area contributed by atoms with Gasteiger partial charge in [-0.15, -0.1) is 0 Å². The lowest BCUT2D eigenvalue weighted by Gasteiger charge is -2.27. The monoisotopic (exact) mass is 196 g/mol. The Morgan fingerprint density at radius 3 is 3.07 bits per heavy atom. The second-order valence-corrected chi connectivity index (χ2v) is 3.26. The third kappa shape index (κ3) is 3.36. The fraction of sp³-hybridized carbons (Fsp3) is 0.700. The summed E-state index contributed by atoms with van der Waals surface area (Å²) in [5.74, 6) is 4.93. The molecule has 0 bridgehead atoms. The first-order chi connectivity index (χ1) is 6.74. The molecule has 1 saturated heterocycles. The van der Waals surface area contributed by atoms with Crippen LogP contribution in [0.4, 0.5) is 0 Å². The molecule has 4 heteroatoms. The Balaban J connectivity index is 2.33. The molecule has 1 unspecified atom stereocenters. The Morgan fingerprint density at radius 2 is 2.50 bits per heavy atom. The third-order valence-corrected chi connectivity index (χ3v) is 2.06. The maximum Gasteiger partial charge on any atom is 0.298 e. The van der Waals surface area contributed by atoms with Gasteiger partial charge in [-0.25, -0.2) is 0 Å². The van der Waals surface area contributed by atoms with Crippen LogP contribution in [0.15, 0.2) is 0 Å². The van der Waals surface area contributed by atoms with Crippen molar-refractivity contribution < 1.29 is 9.53 Å². The van der Waals surface area contributed by atoms with E-state index in [0.29, 0.717) is 13.2 Å². The number of rotatable bonds is 2. The van der Waals surface area contributed by atoms with Gasteiger partial charge >= 0.3 is 0 Å². The smallest absolute Gasteiger partial charge is 0.298 e. The van der Waals surface area contributed by atoms with Crippen LogP contribution in [0.5, 0.6) is 0 Å². The third-order valence-electron chi connectivity index (χ3n) is 2.06. The number of ether oxygens (including phenoxy) is 1. The van der Waals surface area contributed by atoms with Gasteiger partial charge in [0, 0.05) is 26.7 Å². The van der Waals surface area contributed by atoms with Gasteiger partial charge in [-0.1, -0.05) is 5.92 Å². The zero-order valence-electron chi connectivity index (χ0n) is 8.67. The molecule has 4 nitrogen and oxygen atoms in total. The summed E-state index contributed by atoms with van der Waals surface area (Å²) in [5.41, 5.74) is 0. The highest BCUT2D eigenvalue weighted by Crippen LogP contribution is 1.98. The van der Waals surface area contributed by atoms with E-state index < -0.39 is 0 Å². The Bertz CT molecular complexity index is 249. The molecule has 1 amide bonds. The molecule has 0 saturated carbocycles. The van der Waals surface area contributed by atoms with E-state index in [9.17, 15) is 4.79 Å². The highest BCUT2D eigenvalue weighted by Gasteiger charge is 2.17. The molecule has 0 radical (unpaired) electrons. The van der Waals surface area contributed by atoms with Crippen LogP contribution in [-0.4, -0.2) is 50.2 Å². The summed E-state index contributed by atoms with van der Waals surface area (Å²) in [6.07, 6.45) is 0.0938. The first-order valence-corrected chi connectivity index (χ1v) is 4.74. The Hall–Kier alpha value is -1.05. The summed E-state index contributed by atoms with van der Waals surface area (Å²) in [6, 6.07) is 0. The minimum atomic E-state index is -0.151. The summed E-state index contributed by atoms with van der Waals surface area (Å²) in [5, 5.41) is 3.21. The summed E-state index contributed by atoms with van der Waals surface area (Å²) in [7, 11) is 1.74. The summed E-state index contributed by atoms with van der Waals surface area (Å²) >= 11 is 0. The molecule has 1 aliphatic rings. The van der Waals surface area contributed by atoms with Crippen molar-refractivity contribution in [3.05, 3.63) is 0 Å². The second kappa shape index (κ2) is 5.63. The van der Waals surface area contributed by atoms with Gasteiger partial charge < -0.3 is 15.0 Å². The molecule has 1 N–H and O–H groups in total. The molecule has 1 atom stereocenters. The number of nitrogens with one attached hydrogen (secondary N) is 1. The molecule has 0 aromatic heterocycles. The van der Waals surface area contributed by atoms with E-state index in [1.54, 1.807) is 18.9 Å². The van der Waals surface area contributed by atoms with Gasteiger partial charge in [0.25, 0.3) is 5.91 Å². The first-order valence-electron chi connectivity index (χ1n) is 4.74. The molecule has 1 heterocycles. The Morgan fingerprint density at radius 1 is 1.71 bits per heavy atom. The van der Waals surface area contributed by atoms with Crippen LogP contribution < -0.4 is 5.32 Å². The number of carbonyl (C=O) groups is 1. The van der Waals surface area contributed by atoms with E-state index in [1.165, 1.54) is 0 Å². The van der Waals surface area contributed by atoms with Crippen LogP contribution in [0.1, 0.15) is 6.92 Å². The molecule has 0 aliphatic carbocycles. The van der Waals surface area contributed by atoms with Crippen LogP contribution >= 0.6 is 0 Å². The van der Waals surface area contributed by atoms with Crippen LogP contribution in [0.25, 0.3) is 0 Å². The number of hydrogen-bond donors (Lipinski definition) is 1. The molecule has 1 fully saturated rings. The summed E-state index contributed by atoms with van der Waals surface area (Å²) in [4.78, 5) is 12.9. The van der Waals surface area contributed by atoms with Crippen molar-refractivity contribution in [1.29, 1.82) is 0 Å². The number of hydrogen-bond acceptors (Lipinski definition) is 3. The van der Waals surface area contributed by atoms with Gasteiger partial charge in [0.2, 0.25) is 0 Å². The predicted octanol–water partition coefficient (Wildman–Crippen LogP) is -0.543. The van der Waals surface area contributed by atoms with E-state index in [-0.39, 0.29) is 12.0 Å². The molecule has 14 heavy (non-hydrogen) atoms. The van der Waals surface area contributed by atoms with E-state index in [0.717, 1.165) is 13.1 Å². The fourth-order valence-corrected chi connectivity index (χ4v) is 1.33. The Labute approximate surface area is 84.6 Å². The van der Waals surface area contributed by atoms with Gasteiger partial charge in [-0.3, -0.25) is 4.79 Å². The summed E-state index contributed by atoms with van der Waals surface area (Å²) < 4.78 is 5.47. The molecule has 78 valence electrons. The van der Waals surface area contributed by atoms with Gasteiger partial charge in [-0.05, 0) is 12.8 Å². The maximum absolute atomic E-state index is 11.3. The van der Waals surface area contributed by atoms with Crippen LogP contribution in [-0.2, 0) is 9.53 Å². The lowest BCUT2D eigenvalue weighted by molar-refractivity contribution is -0.126. The van der Waals surface area contributed by atoms with Crippen molar-refractivity contribution in [2.45, 2.75) is 13.0 Å². The predicted molar refractivity (Wildman–Crippen MR) is 53.7 cm³/mol. The van der Waals surface area contributed by atoms with Crippen molar-refractivity contribution in [1.82, 2.24) is 10.2 Å². The number of likely N-dealkylation sites (N-methyl/N-ethyl adjacent to an activating group) is 1. The molecule has 0 aromatic carbocycles. The highest BCUT2D eigenvalue weighted by atomic mass is 16.5. The highest BCUT2D eigenvalue weighted by molar-refractivity contribution is 5.93. The normalized spacial score (nSPS) is 20.9. The lowest BCUT2D eigenvalue weighted by Crippen LogP contribution is -2.45.